The Morgan fingerprint density at radius 3 is 2.45 bits per heavy atom. The van der Waals surface area contributed by atoms with E-state index in [0.717, 1.165) is 62.4 Å². The first-order chi connectivity index (χ1) is 14.0. The van der Waals surface area contributed by atoms with E-state index in [1.807, 2.05) is 32.9 Å². The number of anilines is 1. The molecule has 1 unspecified atom stereocenters. The number of hydrogen-bond donors (Lipinski definition) is 1. The highest BCUT2D eigenvalue weighted by molar-refractivity contribution is 5.53. The third-order valence-electron chi connectivity index (χ3n) is 6.08. The summed E-state index contributed by atoms with van der Waals surface area (Å²) < 4.78 is 13.5. The maximum Gasteiger partial charge on any atom is 0.209 e. The standard InChI is InChI=1S/C14H20FN.C8H15NO2.C2H6/c1-3-12-6-5-9-16(10-12)14-8-4-7-13(15)11(14)2;1-9(6-10)7-2-4-8(11)5-3-7;1-2/h4,7-8,12H,3,5-6,9-10H2,1-2H3;6-8,11H,2-5H2,1H3;1-2H3. The molecule has 1 aliphatic carbocycles. The van der Waals surface area contributed by atoms with Gasteiger partial charge in [0.25, 0.3) is 0 Å². The van der Waals surface area contributed by atoms with Gasteiger partial charge in [-0.15, -0.1) is 0 Å². The number of benzene rings is 1. The van der Waals surface area contributed by atoms with E-state index >= 15 is 0 Å². The molecule has 5 heteroatoms. The fraction of sp³-hybridized carbons (Fsp3) is 0.708. The number of rotatable bonds is 4. The van der Waals surface area contributed by atoms with Gasteiger partial charge in [-0.25, -0.2) is 4.39 Å². The van der Waals surface area contributed by atoms with E-state index in [0.29, 0.717) is 6.04 Å². The number of carbonyl (C=O) groups is 1. The molecule has 1 aliphatic heterocycles. The first-order valence-electron chi connectivity index (χ1n) is 11.3. The van der Waals surface area contributed by atoms with Crippen LogP contribution in [-0.4, -0.2) is 48.7 Å². The lowest BCUT2D eigenvalue weighted by molar-refractivity contribution is -0.119. The molecule has 1 saturated carbocycles. The van der Waals surface area contributed by atoms with Gasteiger partial charge in [-0.2, -0.15) is 0 Å². The number of carbonyl (C=O) groups excluding carboxylic acids is 1. The molecule has 29 heavy (non-hydrogen) atoms. The molecule has 1 aromatic carbocycles. The van der Waals surface area contributed by atoms with E-state index in [2.05, 4.69) is 11.8 Å². The lowest BCUT2D eigenvalue weighted by atomic mass is 9.92. The van der Waals surface area contributed by atoms with Crippen molar-refractivity contribution in [3.63, 3.8) is 0 Å². The summed E-state index contributed by atoms with van der Waals surface area (Å²) in [4.78, 5) is 14.4. The smallest absolute Gasteiger partial charge is 0.209 e. The maximum absolute atomic E-state index is 13.5. The average Bonchev–Trinajstić information content (AvgIpc) is 2.77. The summed E-state index contributed by atoms with van der Waals surface area (Å²) >= 11 is 0. The minimum Gasteiger partial charge on any atom is -0.393 e. The second-order valence-corrected chi connectivity index (χ2v) is 7.98. The topological polar surface area (TPSA) is 43.8 Å². The predicted octanol–water partition coefficient (Wildman–Crippen LogP) is 5.16. The Morgan fingerprint density at radius 2 is 1.86 bits per heavy atom. The highest BCUT2D eigenvalue weighted by atomic mass is 19.1. The number of amides is 1. The van der Waals surface area contributed by atoms with Crippen molar-refractivity contribution in [1.82, 2.24) is 4.90 Å². The molecule has 0 bridgehead atoms. The minimum absolute atomic E-state index is 0.0869. The molecule has 0 aromatic heterocycles. The molecule has 1 aromatic rings. The van der Waals surface area contributed by atoms with Crippen LogP contribution in [0.5, 0.6) is 0 Å². The van der Waals surface area contributed by atoms with Gasteiger partial charge in [-0.3, -0.25) is 4.79 Å². The quantitative estimate of drug-likeness (QED) is 0.700. The Kier molecular flexibility index (Phi) is 11.9. The summed E-state index contributed by atoms with van der Waals surface area (Å²) in [5.74, 6) is 0.688. The lowest BCUT2D eigenvalue weighted by Gasteiger charge is -2.35. The Morgan fingerprint density at radius 1 is 1.21 bits per heavy atom. The van der Waals surface area contributed by atoms with Crippen LogP contribution >= 0.6 is 0 Å². The molecule has 0 spiro atoms. The van der Waals surface area contributed by atoms with Crippen LogP contribution in [0.3, 0.4) is 0 Å². The molecule has 1 saturated heterocycles. The van der Waals surface area contributed by atoms with Crippen LogP contribution in [-0.2, 0) is 4.79 Å². The van der Waals surface area contributed by atoms with Crippen LogP contribution in [0.4, 0.5) is 10.1 Å². The van der Waals surface area contributed by atoms with Gasteiger partial charge in [-0.05, 0) is 63.5 Å². The van der Waals surface area contributed by atoms with E-state index in [1.165, 1.54) is 19.3 Å². The Labute approximate surface area is 177 Å². The largest absolute Gasteiger partial charge is 0.393 e. The van der Waals surface area contributed by atoms with Gasteiger partial charge in [0.05, 0.1) is 6.10 Å². The monoisotopic (exact) mass is 408 g/mol. The predicted molar refractivity (Wildman–Crippen MR) is 120 cm³/mol. The van der Waals surface area contributed by atoms with Crippen LogP contribution in [0.15, 0.2) is 18.2 Å². The van der Waals surface area contributed by atoms with Crippen molar-refractivity contribution in [2.24, 2.45) is 5.92 Å². The summed E-state index contributed by atoms with van der Waals surface area (Å²) in [6.07, 6.45) is 8.06. The second-order valence-electron chi connectivity index (χ2n) is 7.98. The van der Waals surface area contributed by atoms with Crippen molar-refractivity contribution >= 4 is 12.1 Å². The normalized spacial score (nSPS) is 23.8. The molecule has 1 atom stereocenters. The second kappa shape index (κ2) is 13.6. The third-order valence-corrected chi connectivity index (χ3v) is 6.08. The Balaban J connectivity index is 0.000000284. The maximum atomic E-state index is 13.5. The zero-order chi connectivity index (χ0) is 21.8. The van der Waals surface area contributed by atoms with Crippen LogP contribution in [0, 0.1) is 18.7 Å². The molecule has 1 heterocycles. The van der Waals surface area contributed by atoms with Crippen LogP contribution in [0.1, 0.15) is 71.3 Å². The van der Waals surface area contributed by atoms with Crippen molar-refractivity contribution in [3.05, 3.63) is 29.6 Å². The molecule has 0 radical (unpaired) electrons. The van der Waals surface area contributed by atoms with Crippen molar-refractivity contribution in [3.8, 4) is 0 Å². The minimum atomic E-state index is -0.133. The van der Waals surface area contributed by atoms with Gasteiger partial charge in [0, 0.05) is 37.4 Å². The highest BCUT2D eigenvalue weighted by Crippen LogP contribution is 2.28. The van der Waals surface area contributed by atoms with Gasteiger partial charge in [0.2, 0.25) is 6.41 Å². The molecule has 3 rings (SSSR count). The molecule has 1 N–H and O–H groups in total. The van der Waals surface area contributed by atoms with Crippen molar-refractivity contribution in [1.29, 1.82) is 0 Å². The summed E-state index contributed by atoms with van der Waals surface area (Å²) in [6.45, 7) is 10.3. The van der Waals surface area contributed by atoms with E-state index in [-0.39, 0.29) is 11.9 Å². The molecule has 166 valence electrons. The van der Waals surface area contributed by atoms with Crippen LogP contribution in [0.25, 0.3) is 0 Å². The van der Waals surface area contributed by atoms with E-state index in [1.54, 1.807) is 18.0 Å². The van der Waals surface area contributed by atoms with Gasteiger partial charge >= 0.3 is 0 Å². The number of hydrogen-bond acceptors (Lipinski definition) is 3. The molecule has 4 nitrogen and oxygen atoms in total. The Hall–Kier alpha value is -1.62. The zero-order valence-electron chi connectivity index (χ0n) is 19.0. The zero-order valence-corrected chi connectivity index (χ0v) is 19.0. The van der Waals surface area contributed by atoms with E-state index in [4.69, 9.17) is 0 Å². The molecular formula is C24H41FN2O2. The first kappa shape index (κ1) is 25.4. The van der Waals surface area contributed by atoms with Gasteiger partial charge in [-0.1, -0.05) is 33.3 Å². The molecular weight excluding hydrogens is 367 g/mol. The van der Waals surface area contributed by atoms with Crippen LogP contribution in [0.2, 0.25) is 0 Å². The van der Waals surface area contributed by atoms with Gasteiger partial charge < -0.3 is 14.9 Å². The molecule has 1 amide bonds. The van der Waals surface area contributed by atoms with Crippen molar-refractivity contribution in [2.75, 3.05) is 25.0 Å². The van der Waals surface area contributed by atoms with Crippen molar-refractivity contribution < 1.29 is 14.3 Å². The summed E-state index contributed by atoms with van der Waals surface area (Å²) in [5.41, 5.74) is 1.87. The fourth-order valence-corrected chi connectivity index (χ4v) is 4.11. The van der Waals surface area contributed by atoms with E-state index in [9.17, 15) is 14.3 Å². The number of aliphatic hydroxyl groups excluding tert-OH is 1. The van der Waals surface area contributed by atoms with Crippen LogP contribution < -0.4 is 4.90 Å². The molecule has 2 fully saturated rings. The fourth-order valence-electron chi connectivity index (χ4n) is 4.11. The number of piperidine rings is 1. The average molecular weight is 409 g/mol. The van der Waals surface area contributed by atoms with Crippen molar-refractivity contribution in [2.45, 2.75) is 84.8 Å². The summed E-state index contributed by atoms with van der Waals surface area (Å²) in [6, 6.07) is 5.75. The van der Waals surface area contributed by atoms with E-state index < -0.39 is 0 Å². The SMILES string of the molecule is CC.CCC1CCCN(c2cccc(F)c2C)C1.CN(C=O)C1CCC(O)CC1. The number of halogens is 1. The first-order valence-corrected chi connectivity index (χ1v) is 11.3. The Bertz CT molecular complexity index is 588. The molecule has 2 aliphatic rings. The van der Waals surface area contributed by atoms with Gasteiger partial charge in [0.1, 0.15) is 5.82 Å². The summed E-state index contributed by atoms with van der Waals surface area (Å²) in [7, 11) is 1.80. The third kappa shape index (κ3) is 7.96. The highest BCUT2D eigenvalue weighted by Gasteiger charge is 2.22. The number of nitrogens with zero attached hydrogens (tertiary/aromatic N) is 2. The number of aliphatic hydroxyl groups is 1. The lowest BCUT2D eigenvalue weighted by Crippen LogP contribution is -2.35. The van der Waals surface area contributed by atoms with Gasteiger partial charge in [0.15, 0.2) is 0 Å². The summed E-state index contributed by atoms with van der Waals surface area (Å²) in [5, 5.41) is 9.17.